The number of rotatable bonds is 5. The molecule has 3 aromatic heterocycles. The average molecular weight is 518 g/mol. The Kier molecular flexibility index (Phi) is 6.75. The molecule has 1 saturated heterocycles. The van der Waals surface area contributed by atoms with Crippen LogP contribution in [-0.2, 0) is 4.74 Å². The Morgan fingerprint density at radius 1 is 1.13 bits per heavy atom. The first-order valence-corrected chi connectivity index (χ1v) is 12.6. The van der Waals surface area contributed by atoms with Gasteiger partial charge in [0.2, 0.25) is 0 Å². The summed E-state index contributed by atoms with van der Waals surface area (Å²) in [6.07, 6.45) is 5.63. The number of amides is 2. The molecule has 0 atom stereocenters. The molecule has 0 saturated carbocycles. The molecule has 1 fully saturated rings. The molecule has 0 radical (unpaired) electrons. The molecule has 0 unspecified atom stereocenters. The predicted octanol–water partition coefficient (Wildman–Crippen LogP) is 3.98. The summed E-state index contributed by atoms with van der Waals surface area (Å²) in [4.78, 5) is 35.9. The van der Waals surface area contributed by atoms with Gasteiger partial charge in [0.25, 0.3) is 5.91 Å². The van der Waals surface area contributed by atoms with Crippen LogP contribution in [0.25, 0.3) is 16.6 Å². The summed E-state index contributed by atoms with van der Waals surface area (Å²) in [6.45, 7) is 7.89. The summed E-state index contributed by atoms with van der Waals surface area (Å²) < 4.78 is 6.68. The Labute approximate surface area is 219 Å². The number of fused-ring (bicyclic) bond motifs is 2. The van der Waals surface area contributed by atoms with Gasteiger partial charge in [-0.05, 0) is 69.9 Å². The van der Waals surface area contributed by atoms with Crippen LogP contribution in [0.4, 0.5) is 16.3 Å². The zero-order chi connectivity index (χ0) is 26.9. The fourth-order valence-corrected chi connectivity index (χ4v) is 4.50. The van der Waals surface area contributed by atoms with Gasteiger partial charge in [-0.2, -0.15) is 5.10 Å². The number of carbonyl (C=O) groups is 2. The van der Waals surface area contributed by atoms with Gasteiger partial charge >= 0.3 is 6.09 Å². The lowest BCUT2D eigenvalue weighted by Gasteiger charge is -2.33. The third kappa shape index (κ3) is 5.77. The zero-order valence-corrected chi connectivity index (χ0v) is 21.6. The van der Waals surface area contributed by atoms with Gasteiger partial charge in [-0.15, -0.1) is 0 Å². The molecule has 0 spiro atoms. The quantitative estimate of drug-likeness (QED) is 0.362. The highest BCUT2D eigenvalue weighted by atomic mass is 16.6. The first-order valence-electron chi connectivity index (χ1n) is 12.6. The van der Waals surface area contributed by atoms with E-state index < -0.39 is 5.60 Å². The van der Waals surface area contributed by atoms with E-state index in [9.17, 15) is 14.7 Å². The van der Waals surface area contributed by atoms with Crippen LogP contribution in [0.5, 0.6) is 5.75 Å². The van der Waals surface area contributed by atoms with Gasteiger partial charge in [-0.3, -0.25) is 4.79 Å². The minimum absolute atomic E-state index is 0.0338. The highest BCUT2D eigenvalue weighted by molar-refractivity contribution is 6.08. The molecule has 11 heteroatoms. The van der Waals surface area contributed by atoms with Crippen molar-refractivity contribution in [2.24, 2.45) is 5.92 Å². The van der Waals surface area contributed by atoms with Crippen LogP contribution < -0.4 is 15.5 Å². The van der Waals surface area contributed by atoms with E-state index in [2.05, 4.69) is 25.6 Å². The summed E-state index contributed by atoms with van der Waals surface area (Å²) in [6, 6.07) is 9.58. The van der Waals surface area contributed by atoms with Crippen molar-refractivity contribution in [1.29, 1.82) is 0 Å². The largest absolute Gasteiger partial charge is 0.505 e. The van der Waals surface area contributed by atoms with Gasteiger partial charge in [0.05, 0.1) is 24.1 Å². The minimum Gasteiger partial charge on any atom is -0.505 e. The number of carbonyl (C=O) groups excluding carboxylic acids is 2. The molecule has 0 aliphatic carbocycles. The molecule has 3 N–H and O–H groups in total. The van der Waals surface area contributed by atoms with Crippen LogP contribution >= 0.6 is 0 Å². The van der Waals surface area contributed by atoms with E-state index in [1.807, 2.05) is 51.1 Å². The molecule has 1 aromatic carbocycles. The first-order chi connectivity index (χ1) is 18.1. The van der Waals surface area contributed by atoms with Gasteiger partial charge in [0.15, 0.2) is 11.4 Å². The molecule has 0 bridgehead atoms. The Morgan fingerprint density at radius 2 is 1.92 bits per heavy atom. The maximum atomic E-state index is 12.8. The first kappa shape index (κ1) is 25.2. The van der Waals surface area contributed by atoms with Crippen LogP contribution in [0.3, 0.4) is 0 Å². The van der Waals surface area contributed by atoms with Crippen molar-refractivity contribution in [3.8, 4) is 5.75 Å². The lowest BCUT2D eigenvalue weighted by atomic mass is 9.97. The second kappa shape index (κ2) is 10.2. The van der Waals surface area contributed by atoms with Crippen molar-refractivity contribution in [2.45, 2.75) is 39.2 Å². The average Bonchev–Trinajstić information content (AvgIpc) is 3.30. The highest BCUT2D eigenvalue weighted by Gasteiger charge is 2.22. The molecule has 38 heavy (non-hydrogen) atoms. The monoisotopic (exact) mass is 517 g/mol. The minimum atomic E-state index is -0.500. The topological polar surface area (TPSA) is 134 Å². The zero-order valence-electron chi connectivity index (χ0n) is 21.6. The Hall–Kier alpha value is -4.41. The fraction of sp³-hybridized carbons (Fsp3) is 0.370. The number of aromatic nitrogens is 4. The number of benzene rings is 1. The number of piperidine rings is 1. The number of alkyl carbamates (subject to hydrolysis) is 1. The highest BCUT2D eigenvalue weighted by Crippen LogP contribution is 2.26. The summed E-state index contributed by atoms with van der Waals surface area (Å²) >= 11 is 0. The number of hydrogen-bond acceptors (Lipinski definition) is 8. The molecule has 2 amide bonds. The Balaban J connectivity index is 1.19. The van der Waals surface area contributed by atoms with E-state index >= 15 is 0 Å². The number of pyridine rings is 1. The van der Waals surface area contributed by atoms with Crippen molar-refractivity contribution in [2.75, 3.05) is 29.9 Å². The number of hydrogen-bond donors (Lipinski definition) is 3. The summed E-state index contributed by atoms with van der Waals surface area (Å²) in [5.41, 5.74) is 1.63. The van der Waals surface area contributed by atoms with E-state index in [1.54, 1.807) is 0 Å². The van der Waals surface area contributed by atoms with Gasteiger partial charge in [0.1, 0.15) is 17.0 Å². The van der Waals surface area contributed by atoms with Crippen LogP contribution in [0.2, 0.25) is 0 Å². The van der Waals surface area contributed by atoms with Crippen molar-refractivity contribution in [1.82, 2.24) is 24.9 Å². The number of aromatic hydroxyl groups is 1. The van der Waals surface area contributed by atoms with Crippen LogP contribution in [0.1, 0.15) is 44.0 Å². The molecule has 198 valence electrons. The molecule has 4 heterocycles. The maximum Gasteiger partial charge on any atom is 0.407 e. The van der Waals surface area contributed by atoms with Gasteiger partial charge in [0, 0.05) is 30.7 Å². The van der Waals surface area contributed by atoms with Gasteiger partial charge < -0.3 is 25.4 Å². The fourth-order valence-electron chi connectivity index (χ4n) is 4.50. The van der Waals surface area contributed by atoms with E-state index in [0.29, 0.717) is 29.4 Å². The van der Waals surface area contributed by atoms with Crippen molar-refractivity contribution >= 4 is 40.1 Å². The standard InChI is InChI=1S/C27H31N7O4/c1-27(2,3)38-26(37)29-13-17-8-10-33(11-9-17)23-7-4-18-12-19(5-6-22(18)32-23)31-25(36)21-15-30-34-16-20(35)14-28-24(21)34/h4-7,12,14-17,35H,8-11,13H2,1-3H3,(H,29,37)(H,31,36). The lowest BCUT2D eigenvalue weighted by Crippen LogP contribution is -2.40. The SMILES string of the molecule is CC(C)(C)OC(=O)NCC1CCN(c2ccc3cc(NC(=O)c4cnn5cc(O)cnc45)ccc3n2)CC1. The second-order valence-electron chi connectivity index (χ2n) is 10.5. The molecular weight excluding hydrogens is 486 g/mol. The van der Waals surface area contributed by atoms with E-state index in [4.69, 9.17) is 9.72 Å². The number of anilines is 2. The molecule has 5 rings (SSSR count). The predicted molar refractivity (Wildman–Crippen MR) is 144 cm³/mol. The molecular formula is C27H31N7O4. The second-order valence-corrected chi connectivity index (χ2v) is 10.5. The molecule has 11 nitrogen and oxygen atoms in total. The normalized spacial score (nSPS) is 14.6. The van der Waals surface area contributed by atoms with Crippen LogP contribution in [0, 0.1) is 5.92 Å². The van der Waals surface area contributed by atoms with E-state index in [0.717, 1.165) is 42.7 Å². The molecule has 1 aliphatic rings. The van der Waals surface area contributed by atoms with Crippen molar-refractivity contribution in [3.63, 3.8) is 0 Å². The van der Waals surface area contributed by atoms with E-state index in [-0.39, 0.29) is 17.7 Å². The van der Waals surface area contributed by atoms with Crippen molar-refractivity contribution < 1.29 is 19.4 Å². The third-order valence-corrected chi connectivity index (χ3v) is 6.39. The van der Waals surface area contributed by atoms with E-state index in [1.165, 1.54) is 23.1 Å². The van der Waals surface area contributed by atoms with Crippen LogP contribution in [-0.4, -0.2) is 61.9 Å². The number of ether oxygens (including phenoxy) is 1. The third-order valence-electron chi connectivity index (χ3n) is 6.39. The smallest absolute Gasteiger partial charge is 0.407 e. The summed E-state index contributed by atoms with van der Waals surface area (Å²) in [5.74, 6) is 0.938. The summed E-state index contributed by atoms with van der Waals surface area (Å²) in [7, 11) is 0. The Bertz CT molecular complexity index is 1490. The Morgan fingerprint density at radius 3 is 2.68 bits per heavy atom. The molecule has 4 aromatic rings. The van der Waals surface area contributed by atoms with Gasteiger partial charge in [-0.25, -0.2) is 19.3 Å². The molecule has 1 aliphatic heterocycles. The lowest BCUT2D eigenvalue weighted by molar-refractivity contribution is 0.0516. The number of nitrogens with zero attached hydrogens (tertiary/aromatic N) is 5. The maximum absolute atomic E-state index is 12.8. The van der Waals surface area contributed by atoms with Gasteiger partial charge in [-0.1, -0.05) is 0 Å². The van der Waals surface area contributed by atoms with Crippen LogP contribution in [0.15, 0.2) is 48.9 Å². The number of nitrogens with one attached hydrogen (secondary N) is 2. The summed E-state index contributed by atoms with van der Waals surface area (Å²) in [5, 5.41) is 20.3. The van der Waals surface area contributed by atoms with Crippen molar-refractivity contribution in [3.05, 3.63) is 54.5 Å².